The number of nitrogens with one attached hydrogen (secondary N) is 1. The van der Waals surface area contributed by atoms with E-state index in [1.54, 1.807) is 60.3 Å². The monoisotopic (exact) mass is 701 g/mol. The summed E-state index contributed by atoms with van der Waals surface area (Å²) >= 11 is 0. The second-order valence-electron chi connectivity index (χ2n) is 13.6. The third-order valence-electron chi connectivity index (χ3n) is 10.4. The lowest BCUT2D eigenvalue weighted by atomic mass is 9.70. The molecule has 3 saturated heterocycles. The van der Waals surface area contributed by atoms with Gasteiger partial charge in [-0.3, -0.25) is 19.2 Å². The molecule has 274 valence electrons. The number of aliphatic hydroxyl groups is 1. The number of likely N-dealkylation sites (tertiary alicyclic amines) is 1. The number of amides is 3. The van der Waals surface area contributed by atoms with E-state index >= 15 is 0 Å². The van der Waals surface area contributed by atoms with Crippen molar-refractivity contribution in [3.63, 3.8) is 0 Å². The van der Waals surface area contributed by atoms with E-state index in [9.17, 15) is 24.3 Å². The molecule has 1 spiro atoms. The van der Waals surface area contributed by atoms with Gasteiger partial charge in [0.25, 0.3) is 5.91 Å². The maximum atomic E-state index is 14.8. The first-order valence-electron chi connectivity index (χ1n) is 18.0. The number of esters is 1. The van der Waals surface area contributed by atoms with E-state index in [1.165, 1.54) is 0 Å². The average molecular weight is 702 g/mol. The SMILES string of the molecule is C=CCCC(=O)N[C@@H](C)[C@H](OC(=O)[C@@H]1[C@H]2C(=O)N(CCCCCCO)[C@H](C(=O)N(CC=C)c3ccc(OC)cc3)[C@]23CC[C@H]1O3)c1ccccc1. The summed E-state index contributed by atoms with van der Waals surface area (Å²) in [6.07, 6.45) is 6.43. The van der Waals surface area contributed by atoms with Gasteiger partial charge >= 0.3 is 5.97 Å². The molecule has 11 nitrogen and oxygen atoms in total. The number of allylic oxidation sites excluding steroid dienone is 1. The number of unbranched alkanes of at least 4 members (excludes halogenated alkanes) is 3. The number of fused-ring (bicyclic) bond motifs is 1. The molecule has 7 atom stereocenters. The van der Waals surface area contributed by atoms with Gasteiger partial charge in [0.1, 0.15) is 23.5 Å². The van der Waals surface area contributed by atoms with Crippen LogP contribution in [0.25, 0.3) is 0 Å². The van der Waals surface area contributed by atoms with Gasteiger partial charge in [0, 0.05) is 31.8 Å². The van der Waals surface area contributed by atoms with Crippen molar-refractivity contribution >= 4 is 29.4 Å². The zero-order valence-electron chi connectivity index (χ0n) is 29.7. The molecule has 3 heterocycles. The third-order valence-corrected chi connectivity index (χ3v) is 10.4. The molecule has 11 heteroatoms. The molecule has 3 fully saturated rings. The Balaban J connectivity index is 1.46. The molecule has 3 aliphatic rings. The molecule has 3 amide bonds. The molecule has 0 saturated carbocycles. The van der Waals surface area contributed by atoms with E-state index in [0.717, 1.165) is 12.8 Å². The topological polar surface area (TPSA) is 135 Å². The van der Waals surface area contributed by atoms with Crippen molar-refractivity contribution in [1.82, 2.24) is 10.2 Å². The number of benzene rings is 2. The predicted molar refractivity (Wildman–Crippen MR) is 193 cm³/mol. The minimum atomic E-state index is -1.22. The Morgan fingerprint density at radius 3 is 2.47 bits per heavy atom. The second-order valence-corrected chi connectivity index (χ2v) is 13.6. The van der Waals surface area contributed by atoms with Crippen LogP contribution >= 0.6 is 0 Å². The van der Waals surface area contributed by atoms with Crippen molar-refractivity contribution < 1.29 is 38.5 Å². The molecule has 2 aromatic carbocycles. The van der Waals surface area contributed by atoms with Crippen molar-refractivity contribution in [3.05, 3.63) is 85.5 Å². The summed E-state index contributed by atoms with van der Waals surface area (Å²) in [5, 5.41) is 12.2. The highest BCUT2D eigenvalue weighted by Crippen LogP contribution is 2.59. The zero-order valence-corrected chi connectivity index (χ0v) is 29.7. The smallest absolute Gasteiger partial charge is 0.313 e. The summed E-state index contributed by atoms with van der Waals surface area (Å²) in [5.41, 5.74) is 0.108. The lowest BCUT2D eigenvalue weighted by molar-refractivity contribution is -0.162. The Kier molecular flexibility index (Phi) is 12.7. The highest BCUT2D eigenvalue weighted by atomic mass is 16.6. The molecular weight excluding hydrogens is 650 g/mol. The summed E-state index contributed by atoms with van der Waals surface area (Å²) in [5.74, 6) is -2.58. The normalized spacial score (nSPS) is 24.4. The van der Waals surface area contributed by atoms with E-state index in [1.807, 2.05) is 30.3 Å². The lowest BCUT2D eigenvalue weighted by Crippen LogP contribution is -2.56. The Morgan fingerprint density at radius 1 is 1.08 bits per heavy atom. The van der Waals surface area contributed by atoms with Gasteiger partial charge in [0.05, 0.1) is 31.1 Å². The van der Waals surface area contributed by atoms with E-state index in [4.69, 9.17) is 14.2 Å². The van der Waals surface area contributed by atoms with Crippen molar-refractivity contribution in [1.29, 1.82) is 0 Å². The molecule has 0 radical (unpaired) electrons. The number of carbonyl (C=O) groups is 4. The van der Waals surface area contributed by atoms with Gasteiger partial charge in [-0.25, -0.2) is 0 Å². The summed E-state index contributed by atoms with van der Waals surface area (Å²) in [6.45, 7) is 9.95. The maximum Gasteiger partial charge on any atom is 0.313 e. The lowest BCUT2D eigenvalue weighted by Gasteiger charge is -2.37. The number of ether oxygens (including phenoxy) is 3. The van der Waals surface area contributed by atoms with Crippen LogP contribution in [0, 0.1) is 11.8 Å². The van der Waals surface area contributed by atoms with Crippen LogP contribution in [0.5, 0.6) is 5.75 Å². The van der Waals surface area contributed by atoms with Crippen LogP contribution < -0.4 is 15.0 Å². The van der Waals surface area contributed by atoms with Gasteiger partial charge in [-0.15, -0.1) is 13.2 Å². The summed E-state index contributed by atoms with van der Waals surface area (Å²) in [6, 6.07) is 14.8. The molecule has 0 aliphatic carbocycles. The fraction of sp³-hybridized carbons (Fsp3) is 0.500. The van der Waals surface area contributed by atoms with Crippen molar-refractivity contribution in [2.24, 2.45) is 11.8 Å². The van der Waals surface area contributed by atoms with E-state index in [-0.39, 0.29) is 37.3 Å². The largest absolute Gasteiger partial charge is 0.497 e. The number of rotatable bonds is 19. The van der Waals surface area contributed by atoms with Crippen LogP contribution in [-0.2, 0) is 28.7 Å². The summed E-state index contributed by atoms with van der Waals surface area (Å²) in [4.78, 5) is 59.6. The van der Waals surface area contributed by atoms with Gasteiger partial charge in [-0.1, -0.05) is 55.3 Å². The first-order chi connectivity index (χ1) is 24.7. The number of aliphatic hydroxyl groups excluding tert-OH is 1. The van der Waals surface area contributed by atoms with Crippen LogP contribution in [0.15, 0.2) is 79.9 Å². The number of hydrogen-bond donors (Lipinski definition) is 2. The second kappa shape index (κ2) is 17.2. The van der Waals surface area contributed by atoms with Crippen LogP contribution in [-0.4, -0.2) is 84.3 Å². The number of anilines is 1. The van der Waals surface area contributed by atoms with Crippen LogP contribution in [0.1, 0.15) is 70.0 Å². The quantitative estimate of drug-likeness (QED) is 0.120. The first kappa shape index (κ1) is 37.8. The van der Waals surface area contributed by atoms with Crippen LogP contribution in [0.4, 0.5) is 5.69 Å². The van der Waals surface area contributed by atoms with Gasteiger partial charge in [0.2, 0.25) is 11.8 Å². The molecule has 2 aromatic rings. The molecule has 0 aromatic heterocycles. The molecule has 3 aliphatic heterocycles. The average Bonchev–Trinajstić information content (AvgIpc) is 3.79. The molecular formula is C40H51N3O8. The van der Waals surface area contributed by atoms with Gasteiger partial charge < -0.3 is 34.4 Å². The maximum absolute atomic E-state index is 14.8. The zero-order chi connectivity index (χ0) is 36.5. The molecule has 2 bridgehead atoms. The Hall–Kier alpha value is -4.48. The number of hydrogen-bond acceptors (Lipinski definition) is 8. The standard InChI is InChI=1S/C40H51N3O8/c1-5-7-17-32(45)41-27(3)35(28-15-11-10-12-16-28)50-39(48)33-31-22-23-40(51-31)34(33)37(46)43(25-13-8-9-14-26-44)36(40)38(47)42(24-6-2)29-18-20-30(49-4)21-19-29/h5-6,10-12,15-16,18-21,27,31,33-36,44H,1-2,7-9,13-14,17,22-26H2,3-4H3,(H,41,45)/t27-,31+,33-,34-,35-,36+,40-/m0/s1. The first-order valence-corrected chi connectivity index (χ1v) is 18.0. The van der Waals surface area contributed by atoms with E-state index in [0.29, 0.717) is 55.6 Å². The van der Waals surface area contributed by atoms with E-state index in [2.05, 4.69) is 18.5 Å². The van der Waals surface area contributed by atoms with Crippen LogP contribution in [0.3, 0.4) is 0 Å². The van der Waals surface area contributed by atoms with Crippen molar-refractivity contribution in [2.75, 3.05) is 31.7 Å². The molecule has 51 heavy (non-hydrogen) atoms. The Bertz CT molecular complexity index is 1550. The highest BCUT2D eigenvalue weighted by molar-refractivity contribution is 6.04. The molecule has 0 unspecified atom stereocenters. The Morgan fingerprint density at radius 2 is 1.80 bits per heavy atom. The fourth-order valence-corrected chi connectivity index (χ4v) is 7.99. The highest BCUT2D eigenvalue weighted by Gasteiger charge is 2.75. The number of nitrogens with zero attached hydrogens (tertiary/aromatic N) is 2. The van der Waals surface area contributed by atoms with Crippen molar-refractivity contribution in [2.45, 2.75) is 88.2 Å². The van der Waals surface area contributed by atoms with Gasteiger partial charge in [0.15, 0.2) is 0 Å². The third kappa shape index (κ3) is 7.89. The van der Waals surface area contributed by atoms with Gasteiger partial charge in [-0.2, -0.15) is 0 Å². The Labute approximate surface area is 300 Å². The number of carbonyl (C=O) groups excluding carboxylic acids is 4. The van der Waals surface area contributed by atoms with Gasteiger partial charge in [-0.05, 0) is 68.9 Å². The fourth-order valence-electron chi connectivity index (χ4n) is 7.99. The predicted octanol–water partition coefficient (Wildman–Crippen LogP) is 4.90. The summed E-state index contributed by atoms with van der Waals surface area (Å²) < 4.78 is 18.3. The minimum absolute atomic E-state index is 0.0907. The van der Waals surface area contributed by atoms with Crippen LogP contribution in [0.2, 0.25) is 0 Å². The number of methoxy groups -OCH3 is 1. The van der Waals surface area contributed by atoms with Crippen molar-refractivity contribution in [3.8, 4) is 5.75 Å². The minimum Gasteiger partial charge on any atom is -0.497 e. The summed E-state index contributed by atoms with van der Waals surface area (Å²) in [7, 11) is 1.57. The van der Waals surface area contributed by atoms with E-state index < -0.39 is 47.7 Å². The molecule has 2 N–H and O–H groups in total. The molecule has 5 rings (SSSR count).